The molecule has 0 bridgehead atoms. The van der Waals surface area contributed by atoms with Crippen LogP contribution in [0.5, 0.6) is 5.75 Å². The molecule has 22 heavy (non-hydrogen) atoms. The van der Waals surface area contributed by atoms with Crippen LogP contribution in [-0.2, 0) is 6.61 Å². The van der Waals surface area contributed by atoms with Gasteiger partial charge in [0.1, 0.15) is 5.75 Å². The van der Waals surface area contributed by atoms with Crippen LogP contribution in [0.3, 0.4) is 0 Å². The highest BCUT2D eigenvalue weighted by molar-refractivity contribution is 5.61. The molecule has 1 fully saturated rings. The van der Waals surface area contributed by atoms with Crippen molar-refractivity contribution in [2.75, 3.05) is 0 Å². The Morgan fingerprint density at radius 2 is 1.86 bits per heavy atom. The zero-order valence-electron chi connectivity index (χ0n) is 13.0. The summed E-state index contributed by atoms with van der Waals surface area (Å²) in [7, 11) is 0. The minimum Gasteiger partial charge on any atom is -0.491 e. The minimum absolute atomic E-state index is 0.0787. The van der Waals surface area contributed by atoms with Gasteiger partial charge in [0.25, 0.3) is 5.56 Å². The average Bonchev–Trinajstić information content (AvgIpc) is 3.31. The quantitative estimate of drug-likeness (QED) is 0.923. The van der Waals surface area contributed by atoms with E-state index < -0.39 is 0 Å². The summed E-state index contributed by atoms with van der Waals surface area (Å²) >= 11 is 0. The first kappa shape index (κ1) is 14.9. The van der Waals surface area contributed by atoms with Gasteiger partial charge in [0.2, 0.25) is 0 Å². The smallest absolute Gasteiger partial charge is 0.256 e. The lowest BCUT2D eigenvalue weighted by Gasteiger charge is -2.15. The summed E-state index contributed by atoms with van der Waals surface area (Å²) < 4.78 is 7.48. The normalized spacial score (nSPS) is 14.4. The Morgan fingerprint density at radius 1 is 1.18 bits per heavy atom. The number of hydrogen-bond donors (Lipinski definition) is 1. The van der Waals surface area contributed by atoms with Crippen molar-refractivity contribution < 1.29 is 9.84 Å². The molecule has 0 atom stereocenters. The van der Waals surface area contributed by atoms with Gasteiger partial charge in [-0.3, -0.25) is 4.79 Å². The summed E-state index contributed by atoms with van der Waals surface area (Å²) in [5, 5.41) is 9.30. The maximum Gasteiger partial charge on any atom is 0.256 e. The van der Waals surface area contributed by atoms with E-state index in [9.17, 15) is 9.90 Å². The highest BCUT2D eigenvalue weighted by Gasteiger charge is 2.27. The lowest BCUT2D eigenvalue weighted by Crippen LogP contribution is -2.24. The van der Waals surface area contributed by atoms with Gasteiger partial charge in [-0.2, -0.15) is 0 Å². The third kappa shape index (κ3) is 2.92. The largest absolute Gasteiger partial charge is 0.491 e. The fourth-order valence-corrected chi connectivity index (χ4v) is 2.62. The van der Waals surface area contributed by atoms with E-state index in [0.717, 1.165) is 29.8 Å². The van der Waals surface area contributed by atoms with Gasteiger partial charge in [-0.15, -0.1) is 0 Å². The molecule has 1 heterocycles. The van der Waals surface area contributed by atoms with Crippen molar-refractivity contribution in [1.82, 2.24) is 4.57 Å². The molecule has 3 rings (SSSR count). The molecule has 1 aromatic heterocycles. The molecule has 2 aromatic rings. The van der Waals surface area contributed by atoms with Crippen LogP contribution in [0.1, 0.15) is 38.3 Å². The highest BCUT2D eigenvalue weighted by atomic mass is 16.5. The van der Waals surface area contributed by atoms with Gasteiger partial charge in [0, 0.05) is 11.6 Å². The second kappa shape index (κ2) is 5.97. The van der Waals surface area contributed by atoms with E-state index >= 15 is 0 Å². The maximum absolute atomic E-state index is 12.5. The van der Waals surface area contributed by atoms with Gasteiger partial charge in [-0.05, 0) is 68.7 Å². The number of benzene rings is 1. The number of nitrogens with zero attached hydrogens (tertiary/aromatic N) is 1. The van der Waals surface area contributed by atoms with E-state index in [1.165, 1.54) is 0 Å². The van der Waals surface area contributed by atoms with Gasteiger partial charge in [-0.25, -0.2) is 0 Å². The minimum atomic E-state index is -0.215. The van der Waals surface area contributed by atoms with Crippen molar-refractivity contribution in [2.45, 2.75) is 45.4 Å². The van der Waals surface area contributed by atoms with Gasteiger partial charge < -0.3 is 14.4 Å². The van der Waals surface area contributed by atoms with Crippen molar-refractivity contribution >= 4 is 0 Å². The van der Waals surface area contributed by atoms with Crippen molar-refractivity contribution in [3.05, 3.63) is 52.3 Å². The second-order valence-electron chi connectivity index (χ2n) is 6.00. The lowest BCUT2D eigenvalue weighted by atomic mass is 10.1. The molecule has 0 amide bonds. The summed E-state index contributed by atoms with van der Waals surface area (Å²) in [6.45, 7) is 3.77. The summed E-state index contributed by atoms with van der Waals surface area (Å²) in [5.41, 5.74) is 2.27. The fraction of sp³-hybridized carbons (Fsp3) is 0.389. The number of ether oxygens (including phenoxy) is 1. The Kier molecular flexibility index (Phi) is 4.03. The number of aromatic nitrogens is 1. The van der Waals surface area contributed by atoms with Crippen molar-refractivity contribution in [2.24, 2.45) is 0 Å². The number of aliphatic hydroxyl groups excluding tert-OH is 1. The van der Waals surface area contributed by atoms with Crippen LogP contribution < -0.4 is 10.3 Å². The Morgan fingerprint density at radius 3 is 2.41 bits per heavy atom. The molecule has 0 aliphatic heterocycles. The number of rotatable bonds is 5. The van der Waals surface area contributed by atoms with Gasteiger partial charge in [0.15, 0.2) is 0 Å². The summed E-state index contributed by atoms with van der Waals surface area (Å²) in [4.78, 5) is 12.5. The third-order valence-corrected chi connectivity index (χ3v) is 3.80. The molecule has 1 saturated carbocycles. The second-order valence-corrected chi connectivity index (χ2v) is 6.00. The van der Waals surface area contributed by atoms with E-state index in [2.05, 4.69) is 0 Å². The molecular weight excluding hydrogens is 278 g/mol. The molecule has 0 radical (unpaired) electrons. The number of pyridine rings is 1. The molecule has 0 spiro atoms. The summed E-state index contributed by atoms with van der Waals surface area (Å²) in [6.07, 6.45) is 2.19. The number of hydrogen-bond acceptors (Lipinski definition) is 3. The molecule has 1 aliphatic rings. The van der Waals surface area contributed by atoms with Gasteiger partial charge in [-0.1, -0.05) is 0 Å². The van der Waals surface area contributed by atoms with E-state index in [1.807, 2.05) is 48.7 Å². The van der Waals surface area contributed by atoms with E-state index in [-0.39, 0.29) is 24.3 Å². The summed E-state index contributed by atoms with van der Waals surface area (Å²) in [5.74, 6) is 0.825. The van der Waals surface area contributed by atoms with Crippen LogP contribution in [0.15, 0.2) is 41.2 Å². The van der Waals surface area contributed by atoms with E-state index in [0.29, 0.717) is 5.56 Å². The Hall–Kier alpha value is -2.07. The lowest BCUT2D eigenvalue weighted by molar-refractivity contribution is 0.242. The molecule has 0 saturated heterocycles. The zero-order valence-corrected chi connectivity index (χ0v) is 13.0. The average molecular weight is 299 g/mol. The van der Waals surface area contributed by atoms with Crippen LogP contribution in [0.25, 0.3) is 11.3 Å². The van der Waals surface area contributed by atoms with Crippen molar-refractivity contribution in [3.63, 3.8) is 0 Å². The number of aliphatic hydroxyl groups is 1. The fourth-order valence-electron chi connectivity index (χ4n) is 2.62. The van der Waals surface area contributed by atoms with Crippen LogP contribution >= 0.6 is 0 Å². The van der Waals surface area contributed by atoms with Crippen LogP contribution in [0, 0.1) is 0 Å². The van der Waals surface area contributed by atoms with Crippen molar-refractivity contribution in [3.8, 4) is 17.0 Å². The molecule has 1 aromatic carbocycles. The SMILES string of the molecule is CC(C)Oc1ccc(-c2ccc(CO)c(=O)n2C2CC2)cc1. The molecule has 1 aliphatic carbocycles. The molecule has 1 N–H and O–H groups in total. The Labute approximate surface area is 130 Å². The third-order valence-electron chi connectivity index (χ3n) is 3.80. The first-order valence-corrected chi connectivity index (χ1v) is 7.72. The molecule has 4 nitrogen and oxygen atoms in total. The highest BCUT2D eigenvalue weighted by Crippen LogP contribution is 2.37. The monoisotopic (exact) mass is 299 g/mol. The zero-order chi connectivity index (χ0) is 15.7. The predicted molar refractivity (Wildman–Crippen MR) is 86.1 cm³/mol. The Balaban J connectivity index is 2.01. The first-order valence-electron chi connectivity index (χ1n) is 7.72. The Bertz CT molecular complexity index is 712. The maximum atomic E-state index is 12.5. The van der Waals surface area contributed by atoms with Crippen LogP contribution in [0.2, 0.25) is 0 Å². The van der Waals surface area contributed by atoms with Crippen LogP contribution in [0.4, 0.5) is 0 Å². The molecule has 0 unspecified atom stereocenters. The molecule has 116 valence electrons. The van der Waals surface area contributed by atoms with E-state index in [4.69, 9.17) is 4.74 Å². The molecule has 4 heteroatoms. The molecular formula is C18H21NO3. The van der Waals surface area contributed by atoms with Gasteiger partial charge >= 0.3 is 0 Å². The van der Waals surface area contributed by atoms with E-state index in [1.54, 1.807) is 6.07 Å². The summed E-state index contributed by atoms with van der Waals surface area (Å²) in [6, 6.07) is 11.7. The van der Waals surface area contributed by atoms with Gasteiger partial charge in [0.05, 0.1) is 18.4 Å². The topological polar surface area (TPSA) is 51.5 Å². The standard InChI is InChI=1S/C18H21NO3/c1-12(2)22-16-8-3-13(4-9-16)17-10-5-14(11-20)18(21)19(17)15-6-7-15/h3-5,8-10,12,15,20H,6-7,11H2,1-2H3. The predicted octanol–water partition coefficient (Wildman–Crippen LogP) is 3.13. The van der Waals surface area contributed by atoms with Crippen LogP contribution in [-0.4, -0.2) is 15.8 Å². The first-order chi connectivity index (χ1) is 10.6. The van der Waals surface area contributed by atoms with Crippen molar-refractivity contribution in [1.29, 1.82) is 0 Å².